The molecule has 0 saturated heterocycles. The molecule has 3 amide bonds. The highest BCUT2D eigenvalue weighted by atomic mass is 16.5. The Balaban J connectivity index is 2.11. The van der Waals surface area contributed by atoms with Crippen LogP contribution in [0.2, 0.25) is 0 Å². The lowest BCUT2D eigenvalue weighted by Gasteiger charge is -2.13. The third kappa shape index (κ3) is 5.73. The lowest BCUT2D eigenvalue weighted by Crippen LogP contribution is -2.27. The average Bonchev–Trinajstić information content (AvgIpc) is 2.66. The number of anilines is 2. The van der Waals surface area contributed by atoms with Crippen molar-refractivity contribution in [2.75, 3.05) is 38.4 Å². The minimum atomic E-state index is -0.358. The molecule has 0 unspecified atom stereocenters. The van der Waals surface area contributed by atoms with Gasteiger partial charge in [-0.3, -0.25) is 14.4 Å². The Bertz CT molecular complexity index is 880. The molecule has 0 aromatic heterocycles. The molecule has 8 heteroatoms. The smallest absolute Gasteiger partial charge is 0.259 e. The van der Waals surface area contributed by atoms with Crippen molar-refractivity contribution in [1.82, 2.24) is 4.90 Å². The van der Waals surface area contributed by atoms with Crippen LogP contribution in [-0.4, -0.2) is 50.4 Å². The molecule has 0 bridgehead atoms. The van der Waals surface area contributed by atoms with Gasteiger partial charge in [0.25, 0.3) is 11.8 Å². The summed E-state index contributed by atoms with van der Waals surface area (Å²) >= 11 is 0. The molecular weight excluding hydrogens is 362 g/mol. The third-order valence-electron chi connectivity index (χ3n) is 3.73. The molecule has 0 aliphatic rings. The molecule has 0 saturated carbocycles. The second kappa shape index (κ2) is 9.40. The molecule has 148 valence electrons. The molecular formula is C20H23N3O5. The topological polar surface area (TPSA) is 97.0 Å². The highest BCUT2D eigenvalue weighted by Crippen LogP contribution is 2.28. The maximum Gasteiger partial charge on any atom is 0.259 e. The number of nitrogens with zero attached hydrogens (tertiary/aromatic N) is 1. The summed E-state index contributed by atoms with van der Waals surface area (Å²) in [6.07, 6.45) is 0. The number of likely N-dealkylation sites (N-methyl/N-ethyl adjacent to an activating group) is 1. The van der Waals surface area contributed by atoms with Crippen molar-refractivity contribution in [2.24, 2.45) is 0 Å². The molecule has 2 N–H and O–H groups in total. The largest absolute Gasteiger partial charge is 0.495 e. The predicted octanol–water partition coefficient (Wildman–Crippen LogP) is 2.37. The predicted molar refractivity (Wildman–Crippen MR) is 106 cm³/mol. The summed E-state index contributed by atoms with van der Waals surface area (Å²) in [5.74, 6) is 0.103. The zero-order valence-electron chi connectivity index (χ0n) is 16.2. The Hall–Kier alpha value is -3.55. The first kappa shape index (κ1) is 20.8. The minimum absolute atomic E-state index is 0.114. The quantitative estimate of drug-likeness (QED) is 0.763. The van der Waals surface area contributed by atoms with Crippen LogP contribution in [0, 0.1) is 0 Å². The number of ether oxygens (including phenoxy) is 2. The summed E-state index contributed by atoms with van der Waals surface area (Å²) in [6, 6.07) is 11.4. The first-order valence-corrected chi connectivity index (χ1v) is 8.50. The van der Waals surface area contributed by atoms with E-state index < -0.39 is 0 Å². The summed E-state index contributed by atoms with van der Waals surface area (Å²) in [5, 5.41) is 5.41. The Kier molecular flexibility index (Phi) is 6.97. The van der Waals surface area contributed by atoms with Crippen LogP contribution in [0.25, 0.3) is 0 Å². The van der Waals surface area contributed by atoms with Gasteiger partial charge in [-0.15, -0.1) is 0 Å². The number of amides is 3. The van der Waals surface area contributed by atoms with Crippen LogP contribution in [0.4, 0.5) is 11.4 Å². The maximum atomic E-state index is 12.5. The fourth-order valence-electron chi connectivity index (χ4n) is 2.28. The molecule has 8 nitrogen and oxygen atoms in total. The third-order valence-corrected chi connectivity index (χ3v) is 3.73. The van der Waals surface area contributed by atoms with Crippen molar-refractivity contribution in [3.8, 4) is 11.5 Å². The van der Waals surface area contributed by atoms with Gasteiger partial charge < -0.3 is 25.0 Å². The first-order chi connectivity index (χ1) is 13.3. The lowest BCUT2D eigenvalue weighted by molar-refractivity contribution is -0.130. The Labute approximate surface area is 163 Å². The van der Waals surface area contributed by atoms with Crippen LogP contribution in [0.1, 0.15) is 17.3 Å². The fourth-order valence-corrected chi connectivity index (χ4v) is 2.28. The van der Waals surface area contributed by atoms with Gasteiger partial charge in [0.15, 0.2) is 6.61 Å². The molecule has 0 radical (unpaired) electrons. The molecule has 2 aromatic rings. The van der Waals surface area contributed by atoms with Gasteiger partial charge in [0.05, 0.1) is 12.8 Å². The van der Waals surface area contributed by atoms with E-state index in [1.807, 2.05) is 0 Å². The highest BCUT2D eigenvalue weighted by molar-refractivity contribution is 6.05. The fraction of sp³-hybridized carbons (Fsp3) is 0.250. The number of carbonyl (C=O) groups is 3. The number of methoxy groups -OCH3 is 1. The van der Waals surface area contributed by atoms with Gasteiger partial charge in [0.2, 0.25) is 5.91 Å². The van der Waals surface area contributed by atoms with E-state index in [1.54, 1.807) is 56.6 Å². The van der Waals surface area contributed by atoms with Crippen molar-refractivity contribution in [2.45, 2.75) is 6.92 Å². The molecule has 0 spiro atoms. The molecule has 0 heterocycles. The van der Waals surface area contributed by atoms with E-state index in [0.717, 1.165) is 0 Å². The maximum absolute atomic E-state index is 12.5. The van der Waals surface area contributed by atoms with Crippen LogP contribution in [0.15, 0.2) is 42.5 Å². The van der Waals surface area contributed by atoms with Crippen molar-refractivity contribution in [1.29, 1.82) is 0 Å². The van der Waals surface area contributed by atoms with Crippen LogP contribution >= 0.6 is 0 Å². The summed E-state index contributed by atoms with van der Waals surface area (Å²) in [4.78, 5) is 36.9. The van der Waals surface area contributed by atoms with Crippen molar-refractivity contribution < 1.29 is 23.9 Å². The van der Waals surface area contributed by atoms with Crippen molar-refractivity contribution >= 4 is 29.1 Å². The van der Waals surface area contributed by atoms with Crippen LogP contribution < -0.4 is 20.1 Å². The van der Waals surface area contributed by atoms with Gasteiger partial charge in [-0.25, -0.2) is 0 Å². The van der Waals surface area contributed by atoms with E-state index in [9.17, 15) is 14.4 Å². The highest BCUT2D eigenvalue weighted by Gasteiger charge is 2.11. The summed E-state index contributed by atoms with van der Waals surface area (Å²) in [7, 11) is 4.77. The summed E-state index contributed by atoms with van der Waals surface area (Å²) in [6.45, 7) is 1.27. The van der Waals surface area contributed by atoms with Crippen LogP contribution in [0.5, 0.6) is 11.5 Å². The zero-order valence-corrected chi connectivity index (χ0v) is 16.2. The van der Waals surface area contributed by atoms with Gasteiger partial charge in [0, 0.05) is 32.3 Å². The van der Waals surface area contributed by atoms with Crippen LogP contribution in [-0.2, 0) is 9.59 Å². The van der Waals surface area contributed by atoms with Crippen LogP contribution in [0.3, 0.4) is 0 Å². The summed E-state index contributed by atoms with van der Waals surface area (Å²) in [5.41, 5.74) is 1.31. The molecule has 0 atom stereocenters. The number of benzene rings is 2. The number of hydrogen-bond acceptors (Lipinski definition) is 5. The van der Waals surface area contributed by atoms with Gasteiger partial charge in [-0.05, 0) is 36.4 Å². The standard InChI is InChI=1S/C20H23N3O5/c1-13(24)21-17-11-15(8-9-18(17)27-4)22-20(26)14-6-5-7-16(10-14)28-12-19(25)23(2)3/h5-11H,12H2,1-4H3,(H,21,24)(H,22,26). The van der Waals surface area contributed by atoms with Gasteiger partial charge >= 0.3 is 0 Å². The molecule has 0 aliphatic heterocycles. The SMILES string of the molecule is COc1ccc(NC(=O)c2cccc(OCC(=O)N(C)C)c2)cc1NC(C)=O. The number of carbonyl (C=O) groups excluding carboxylic acids is 3. The van der Waals surface area contributed by atoms with Gasteiger partial charge in [-0.1, -0.05) is 6.07 Å². The van der Waals surface area contributed by atoms with E-state index in [4.69, 9.17) is 9.47 Å². The Morgan fingerprint density at radius 1 is 1.04 bits per heavy atom. The minimum Gasteiger partial charge on any atom is -0.495 e. The molecule has 0 fully saturated rings. The number of hydrogen-bond donors (Lipinski definition) is 2. The lowest BCUT2D eigenvalue weighted by atomic mass is 10.2. The monoisotopic (exact) mass is 385 g/mol. The number of nitrogens with one attached hydrogen (secondary N) is 2. The first-order valence-electron chi connectivity index (χ1n) is 8.50. The summed E-state index contributed by atoms with van der Waals surface area (Å²) < 4.78 is 10.6. The Morgan fingerprint density at radius 2 is 1.79 bits per heavy atom. The van der Waals surface area contributed by atoms with E-state index in [0.29, 0.717) is 28.4 Å². The van der Waals surface area contributed by atoms with E-state index in [-0.39, 0.29) is 24.3 Å². The molecule has 2 rings (SSSR count). The molecule has 2 aromatic carbocycles. The van der Waals surface area contributed by atoms with Crippen molar-refractivity contribution in [3.05, 3.63) is 48.0 Å². The molecule has 28 heavy (non-hydrogen) atoms. The second-order valence-electron chi connectivity index (χ2n) is 6.16. The van der Waals surface area contributed by atoms with E-state index in [1.165, 1.54) is 18.9 Å². The molecule has 0 aliphatic carbocycles. The second-order valence-corrected chi connectivity index (χ2v) is 6.16. The Morgan fingerprint density at radius 3 is 2.43 bits per heavy atom. The average molecular weight is 385 g/mol. The van der Waals surface area contributed by atoms with Crippen molar-refractivity contribution in [3.63, 3.8) is 0 Å². The van der Waals surface area contributed by atoms with E-state index >= 15 is 0 Å². The van der Waals surface area contributed by atoms with E-state index in [2.05, 4.69) is 10.6 Å². The van der Waals surface area contributed by atoms with Gasteiger partial charge in [-0.2, -0.15) is 0 Å². The zero-order chi connectivity index (χ0) is 20.7. The van der Waals surface area contributed by atoms with Gasteiger partial charge in [0.1, 0.15) is 11.5 Å². The normalized spacial score (nSPS) is 10.0. The number of rotatable bonds is 7.